The molecule has 2 aliphatic rings. The van der Waals surface area contributed by atoms with E-state index < -0.39 is 18.2 Å². The zero-order valence-corrected chi connectivity index (χ0v) is 20.2. The lowest BCUT2D eigenvalue weighted by molar-refractivity contribution is -0.141. The van der Waals surface area contributed by atoms with Crippen molar-refractivity contribution in [3.8, 4) is 11.1 Å². The summed E-state index contributed by atoms with van der Waals surface area (Å²) in [6.45, 7) is 2.02. The van der Waals surface area contributed by atoms with E-state index in [0.717, 1.165) is 22.3 Å². The van der Waals surface area contributed by atoms with Gasteiger partial charge in [0.2, 0.25) is 0 Å². The number of aryl methyl sites for hydroxylation is 1. The number of benzene rings is 3. The minimum Gasteiger partial charge on any atom is -0.462 e. The van der Waals surface area contributed by atoms with Crippen molar-refractivity contribution in [2.45, 2.75) is 44.5 Å². The molecule has 5 atom stereocenters. The lowest BCUT2D eigenvalue weighted by Crippen LogP contribution is -2.25. The molecule has 36 heavy (non-hydrogen) atoms. The number of hydrogen-bond acceptors (Lipinski definition) is 5. The summed E-state index contributed by atoms with van der Waals surface area (Å²) in [4.78, 5) is 24.9. The molecule has 1 saturated heterocycles. The van der Waals surface area contributed by atoms with Gasteiger partial charge in [-0.25, -0.2) is 4.79 Å². The van der Waals surface area contributed by atoms with Crippen molar-refractivity contribution in [2.24, 2.45) is 11.8 Å². The highest BCUT2D eigenvalue weighted by Crippen LogP contribution is 2.43. The number of aliphatic hydroxyl groups is 1. The Morgan fingerprint density at radius 2 is 1.81 bits per heavy atom. The highest BCUT2D eigenvalue weighted by atomic mass is 16.6. The summed E-state index contributed by atoms with van der Waals surface area (Å²) in [6, 6.07) is 25.4. The van der Waals surface area contributed by atoms with Crippen LogP contribution in [0.15, 0.2) is 91.0 Å². The van der Waals surface area contributed by atoms with Gasteiger partial charge < -0.3 is 14.6 Å². The summed E-state index contributed by atoms with van der Waals surface area (Å²) in [7, 11) is 0. The van der Waals surface area contributed by atoms with E-state index in [1.54, 1.807) is 18.2 Å². The number of aliphatic hydroxyl groups excluding tert-OH is 1. The maximum atomic E-state index is 13.0. The molecule has 1 unspecified atom stereocenters. The Labute approximate surface area is 211 Å². The Morgan fingerprint density at radius 1 is 1.06 bits per heavy atom. The second-order valence-corrected chi connectivity index (χ2v) is 9.74. The van der Waals surface area contributed by atoms with Crippen molar-refractivity contribution in [3.63, 3.8) is 0 Å². The third-order valence-corrected chi connectivity index (χ3v) is 7.12. The molecule has 184 valence electrons. The van der Waals surface area contributed by atoms with Crippen LogP contribution in [0.5, 0.6) is 0 Å². The number of ether oxygens (including phenoxy) is 2. The fourth-order valence-electron chi connectivity index (χ4n) is 5.33. The van der Waals surface area contributed by atoms with Crippen molar-refractivity contribution < 1.29 is 24.2 Å². The predicted octanol–water partition coefficient (Wildman–Crippen LogP) is 5.30. The fourth-order valence-corrected chi connectivity index (χ4v) is 5.33. The van der Waals surface area contributed by atoms with Gasteiger partial charge in [0.15, 0.2) is 0 Å². The van der Waals surface area contributed by atoms with E-state index >= 15 is 0 Å². The van der Waals surface area contributed by atoms with Crippen LogP contribution in [0.4, 0.5) is 0 Å². The van der Waals surface area contributed by atoms with E-state index in [4.69, 9.17) is 9.47 Å². The second kappa shape index (κ2) is 10.5. The molecule has 1 saturated carbocycles. The van der Waals surface area contributed by atoms with Gasteiger partial charge in [0.25, 0.3) is 0 Å². The van der Waals surface area contributed by atoms with Crippen LogP contribution >= 0.6 is 0 Å². The first kappa shape index (κ1) is 24.0. The molecule has 1 heterocycles. The number of rotatable bonds is 7. The summed E-state index contributed by atoms with van der Waals surface area (Å²) in [5.74, 6) is -0.867. The fraction of sp³-hybridized carbons (Fsp3) is 0.290. The Balaban J connectivity index is 1.27. The SMILES string of the molecule is Cc1cccc(C[C@@H](O)/C=C/[C@H]2C(OC(=O)c3ccc(-c4ccccc4)cc3)C[C@@H]3OC(=O)C[C@@H]32)c1. The van der Waals surface area contributed by atoms with Crippen molar-refractivity contribution in [3.05, 3.63) is 108 Å². The quantitative estimate of drug-likeness (QED) is 0.366. The molecule has 0 spiro atoms. The normalized spacial score (nSPS) is 23.9. The molecule has 5 heteroatoms. The smallest absolute Gasteiger partial charge is 0.338 e. The van der Waals surface area contributed by atoms with Crippen LogP contribution in [-0.4, -0.2) is 35.4 Å². The number of carbonyl (C=O) groups is 2. The lowest BCUT2D eigenvalue weighted by Gasteiger charge is -2.20. The molecule has 3 aromatic carbocycles. The summed E-state index contributed by atoms with van der Waals surface area (Å²) < 4.78 is 11.4. The first-order valence-electron chi connectivity index (χ1n) is 12.4. The summed E-state index contributed by atoms with van der Waals surface area (Å²) in [5.41, 5.74) is 4.78. The molecule has 1 aliphatic heterocycles. The zero-order valence-electron chi connectivity index (χ0n) is 20.2. The average Bonchev–Trinajstić information content (AvgIpc) is 3.38. The summed E-state index contributed by atoms with van der Waals surface area (Å²) >= 11 is 0. The van der Waals surface area contributed by atoms with Gasteiger partial charge >= 0.3 is 11.9 Å². The Morgan fingerprint density at radius 3 is 2.56 bits per heavy atom. The van der Waals surface area contributed by atoms with Gasteiger partial charge in [-0.05, 0) is 35.7 Å². The van der Waals surface area contributed by atoms with Gasteiger partial charge in [0, 0.05) is 24.7 Å². The van der Waals surface area contributed by atoms with Gasteiger partial charge in [-0.3, -0.25) is 4.79 Å². The number of fused-ring (bicyclic) bond motifs is 1. The number of carbonyl (C=O) groups excluding carboxylic acids is 2. The average molecular weight is 483 g/mol. The molecule has 0 aromatic heterocycles. The van der Waals surface area contributed by atoms with Gasteiger partial charge in [-0.2, -0.15) is 0 Å². The van der Waals surface area contributed by atoms with E-state index in [9.17, 15) is 14.7 Å². The van der Waals surface area contributed by atoms with Crippen molar-refractivity contribution in [1.29, 1.82) is 0 Å². The molecule has 2 fully saturated rings. The van der Waals surface area contributed by atoms with E-state index in [1.165, 1.54) is 0 Å². The molecular weight excluding hydrogens is 452 g/mol. The number of esters is 2. The zero-order chi connectivity index (χ0) is 25.1. The van der Waals surface area contributed by atoms with Crippen molar-refractivity contribution >= 4 is 11.9 Å². The van der Waals surface area contributed by atoms with Gasteiger partial charge in [0.05, 0.1) is 18.1 Å². The third-order valence-electron chi connectivity index (χ3n) is 7.12. The Bertz CT molecular complexity index is 1250. The standard InChI is InChI=1S/C31H30O5/c1-20-6-5-7-21(16-20)17-25(32)14-15-26-27-18-30(33)35-29(27)19-28(26)36-31(34)24-12-10-23(11-13-24)22-8-3-2-4-9-22/h2-16,25-29,32H,17-19H2,1H3/b15-14+/t25-,26+,27+,28?,29-/m0/s1. The topological polar surface area (TPSA) is 72.8 Å². The molecule has 3 aromatic rings. The van der Waals surface area contributed by atoms with Gasteiger partial charge in [-0.1, -0.05) is 84.4 Å². The lowest BCUT2D eigenvalue weighted by atomic mass is 9.91. The molecule has 5 rings (SSSR count). The highest BCUT2D eigenvalue weighted by Gasteiger charge is 2.50. The van der Waals surface area contributed by atoms with Crippen LogP contribution in [0.2, 0.25) is 0 Å². The Hall–Kier alpha value is -3.70. The highest BCUT2D eigenvalue weighted by molar-refractivity contribution is 5.90. The summed E-state index contributed by atoms with van der Waals surface area (Å²) in [6.07, 6.45) is 3.56. The predicted molar refractivity (Wildman–Crippen MR) is 137 cm³/mol. The molecular formula is C31H30O5. The van der Waals surface area contributed by atoms with Crippen LogP contribution < -0.4 is 0 Å². The summed E-state index contributed by atoms with van der Waals surface area (Å²) in [5, 5.41) is 10.6. The first-order chi connectivity index (χ1) is 17.5. The molecule has 0 radical (unpaired) electrons. The molecule has 0 bridgehead atoms. The van der Waals surface area contributed by atoms with Crippen molar-refractivity contribution in [2.75, 3.05) is 0 Å². The monoisotopic (exact) mass is 482 g/mol. The molecule has 1 N–H and O–H groups in total. The number of hydrogen-bond donors (Lipinski definition) is 1. The van der Waals surface area contributed by atoms with Crippen LogP contribution in [-0.2, 0) is 20.7 Å². The first-order valence-corrected chi connectivity index (χ1v) is 12.4. The minimum atomic E-state index is -0.675. The molecule has 5 nitrogen and oxygen atoms in total. The third kappa shape index (κ3) is 5.42. The van der Waals surface area contributed by atoms with E-state index in [-0.39, 0.29) is 23.9 Å². The van der Waals surface area contributed by atoms with Crippen LogP contribution in [0.25, 0.3) is 11.1 Å². The Kier molecular flexibility index (Phi) is 7.01. The van der Waals surface area contributed by atoms with Gasteiger partial charge in [-0.15, -0.1) is 0 Å². The molecule has 0 amide bonds. The van der Waals surface area contributed by atoms with E-state index in [0.29, 0.717) is 24.8 Å². The van der Waals surface area contributed by atoms with Crippen LogP contribution in [0.1, 0.15) is 34.3 Å². The van der Waals surface area contributed by atoms with Crippen molar-refractivity contribution in [1.82, 2.24) is 0 Å². The maximum absolute atomic E-state index is 13.0. The van der Waals surface area contributed by atoms with Crippen LogP contribution in [0.3, 0.4) is 0 Å². The molecule has 1 aliphatic carbocycles. The van der Waals surface area contributed by atoms with Crippen LogP contribution in [0, 0.1) is 18.8 Å². The van der Waals surface area contributed by atoms with E-state index in [2.05, 4.69) is 6.07 Å². The maximum Gasteiger partial charge on any atom is 0.338 e. The minimum absolute atomic E-state index is 0.0572. The largest absolute Gasteiger partial charge is 0.462 e. The second-order valence-electron chi connectivity index (χ2n) is 9.74. The van der Waals surface area contributed by atoms with E-state index in [1.807, 2.05) is 73.7 Å². The van der Waals surface area contributed by atoms with Gasteiger partial charge in [0.1, 0.15) is 12.2 Å².